The first-order chi connectivity index (χ1) is 17.9. The molecule has 1 aliphatic rings. The van der Waals surface area contributed by atoms with Gasteiger partial charge in [-0.15, -0.1) is 0 Å². The molecule has 0 saturated carbocycles. The van der Waals surface area contributed by atoms with Crippen LogP contribution in [0.5, 0.6) is 11.6 Å². The number of hydrogen-bond donors (Lipinski definition) is 3. The molecule has 0 aliphatic carbocycles. The minimum absolute atomic E-state index is 0.0272. The van der Waals surface area contributed by atoms with Gasteiger partial charge in [0.05, 0.1) is 17.0 Å². The first-order valence-corrected chi connectivity index (χ1v) is 12.6. The standard InChI is InChI=1S/C27H29N5O5/c1-3-5-13-31-24(33)20(22(28)29-26(31)35)19-18-16-10-8-7-9-15(16)11-12-17(18)37-23-21(19)25(34)32(14-6-4-2)27(36)30-23/h7-12,19H,3-6,13-14,28H2,1-2H3,(H,29,35)(H,30,36)/t19-/m1/s1. The normalized spacial score (nSPS) is 14.3. The Bertz CT molecular complexity index is 1710. The summed E-state index contributed by atoms with van der Waals surface area (Å²) in [5, 5.41) is 1.65. The molecule has 0 unspecified atom stereocenters. The molecule has 0 radical (unpaired) electrons. The van der Waals surface area contributed by atoms with E-state index in [1.807, 2.05) is 44.2 Å². The van der Waals surface area contributed by atoms with Crippen molar-refractivity contribution in [2.75, 3.05) is 5.73 Å². The highest BCUT2D eigenvalue weighted by atomic mass is 16.5. The van der Waals surface area contributed by atoms with Crippen LogP contribution in [0, 0.1) is 0 Å². The zero-order chi connectivity index (χ0) is 26.3. The molecule has 4 aromatic rings. The van der Waals surface area contributed by atoms with Gasteiger partial charge in [0.2, 0.25) is 5.88 Å². The molecule has 0 bridgehead atoms. The molecule has 0 amide bonds. The number of unbranched alkanes of at least 4 members (excludes halogenated alkanes) is 2. The second-order valence-electron chi connectivity index (χ2n) is 9.28. The molecule has 37 heavy (non-hydrogen) atoms. The number of anilines is 1. The molecule has 10 heteroatoms. The molecule has 0 saturated heterocycles. The Labute approximate surface area is 211 Å². The number of ether oxygens (including phenoxy) is 1. The summed E-state index contributed by atoms with van der Waals surface area (Å²) in [6.45, 7) is 4.35. The zero-order valence-corrected chi connectivity index (χ0v) is 20.8. The SMILES string of the molecule is CCCCn1c(=O)[nH]c(N)c([C@@H]2c3c([nH]c(=O)n(CCCC)c3=O)Oc3ccc4ccccc4c32)c1=O. The van der Waals surface area contributed by atoms with Crippen molar-refractivity contribution in [1.29, 1.82) is 0 Å². The summed E-state index contributed by atoms with van der Waals surface area (Å²) >= 11 is 0. The van der Waals surface area contributed by atoms with Gasteiger partial charge in [0.15, 0.2) is 0 Å². The highest BCUT2D eigenvalue weighted by Crippen LogP contribution is 2.47. The largest absolute Gasteiger partial charge is 0.440 e. The van der Waals surface area contributed by atoms with E-state index in [2.05, 4.69) is 9.97 Å². The zero-order valence-electron chi connectivity index (χ0n) is 20.8. The number of hydrogen-bond acceptors (Lipinski definition) is 6. The number of nitrogens with zero attached hydrogens (tertiary/aromatic N) is 2. The van der Waals surface area contributed by atoms with E-state index in [0.29, 0.717) is 24.2 Å². The van der Waals surface area contributed by atoms with Gasteiger partial charge < -0.3 is 10.5 Å². The molecule has 3 heterocycles. The summed E-state index contributed by atoms with van der Waals surface area (Å²) in [4.78, 5) is 58.5. The summed E-state index contributed by atoms with van der Waals surface area (Å²) in [6, 6.07) is 11.2. The van der Waals surface area contributed by atoms with Crippen molar-refractivity contribution < 1.29 is 4.74 Å². The maximum Gasteiger partial charge on any atom is 0.331 e. The fourth-order valence-electron chi connectivity index (χ4n) is 5.03. The van der Waals surface area contributed by atoms with Crippen molar-refractivity contribution in [3.63, 3.8) is 0 Å². The lowest BCUT2D eigenvalue weighted by Gasteiger charge is -2.29. The van der Waals surface area contributed by atoms with E-state index in [0.717, 1.165) is 32.7 Å². The van der Waals surface area contributed by atoms with Crippen molar-refractivity contribution in [3.05, 3.63) is 94.8 Å². The molecule has 10 nitrogen and oxygen atoms in total. The number of nitrogens with two attached hydrogens (primary N) is 1. The predicted molar refractivity (Wildman–Crippen MR) is 142 cm³/mol. The number of H-pyrrole nitrogens is 2. The summed E-state index contributed by atoms with van der Waals surface area (Å²) in [7, 11) is 0. The van der Waals surface area contributed by atoms with Crippen LogP contribution in [0.3, 0.4) is 0 Å². The van der Waals surface area contributed by atoms with Crippen molar-refractivity contribution in [3.8, 4) is 11.6 Å². The molecular weight excluding hydrogens is 474 g/mol. The second-order valence-corrected chi connectivity index (χ2v) is 9.28. The fraction of sp³-hybridized carbons (Fsp3) is 0.333. The summed E-state index contributed by atoms with van der Waals surface area (Å²) in [6.07, 6.45) is 2.80. The van der Waals surface area contributed by atoms with Crippen LogP contribution in [0.1, 0.15) is 62.1 Å². The lowest BCUT2D eigenvalue weighted by Crippen LogP contribution is -2.43. The van der Waals surface area contributed by atoms with E-state index in [-0.39, 0.29) is 35.9 Å². The van der Waals surface area contributed by atoms with Crippen molar-refractivity contribution >= 4 is 16.6 Å². The van der Waals surface area contributed by atoms with Crippen LogP contribution in [-0.4, -0.2) is 19.1 Å². The van der Waals surface area contributed by atoms with E-state index in [9.17, 15) is 19.2 Å². The number of nitrogens with one attached hydrogen (secondary N) is 2. The smallest absolute Gasteiger partial charge is 0.331 e. The minimum Gasteiger partial charge on any atom is -0.440 e. The first kappa shape index (κ1) is 24.4. The predicted octanol–water partition coefficient (Wildman–Crippen LogP) is 3.01. The number of benzene rings is 2. The van der Waals surface area contributed by atoms with Gasteiger partial charge in [0.1, 0.15) is 11.6 Å². The molecule has 2 aromatic carbocycles. The van der Waals surface area contributed by atoms with E-state index >= 15 is 0 Å². The van der Waals surface area contributed by atoms with Gasteiger partial charge in [-0.2, -0.15) is 0 Å². The van der Waals surface area contributed by atoms with Gasteiger partial charge in [-0.3, -0.25) is 28.7 Å². The van der Waals surface area contributed by atoms with Crippen LogP contribution in [0.25, 0.3) is 10.8 Å². The van der Waals surface area contributed by atoms with Gasteiger partial charge in [-0.25, -0.2) is 9.59 Å². The van der Waals surface area contributed by atoms with Crippen molar-refractivity contribution in [2.45, 2.75) is 58.5 Å². The molecule has 192 valence electrons. The number of aromatic nitrogens is 4. The molecule has 0 fully saturated rings. The Morgan fingerprint density at radius 3 is 2.11 bits per heavy atom. The van der Waals surface area contributed by atoms with Crippen LogP contribution in [-0.2, 0) is 13.1 Å². The van der Waals surface area contributed by atoms with Crippen molar-refractivity contribution in [2.24, 2.45) is 0 Å². The maximum absolute atomic E-state index is 13.9. The van der Waals surface area contributed by atoms with E-state index < -0.39 is 28.4 Å². The maximum atomic E-state index is 13.9. The van der Waals surface area contributed by atoms with Gasteiger partial charge >= 0.3 is 11.4 Å². The molecule has 0 spiro atoms. The topological polar surface area (TPSA) is 145 Å². The Kier molecular flexibility index (Phi) is 6.32. The van der Waals surface area contributed by atoms with E-state index in [4.69, 9.17) is 10.5 Å². The van der Waals surface area contributed by atoms with Gasteiger partial charge in [-0.05, 0) is 29.7 Å². The van der Waals surface area contributed by atoms with Crippen LogP contribution in [0.2, 0.25) is 0 Å². The molecule has 2 aromatic heterocycles. The van der Waals surface area contributed by atoms with Crippen LogP contribution >= 0.6 is 0 Å². The van der Waals surface area contributed by atoms with Crippen LogP contribution in [0.4, 0.5) is 5.82 Å². The summed E-state index contributed by atoms with van der Waals surface area (Å²) < 4.78 is 8.32. The molecular formula is C27H29N5O5. The minimum atomic E-state index is -0.973. The average molecular weight is 504 g/mol. The van der Waals surface area contributed by atoms with Gasteiger partial charge in [0.25, 0.3) is 11.1 Å². The second kappa shape index (κ2) is 9.61. The third-order valence-corrected chi connectivity index (χ3v) is 6.92. The fourth-order valence-corrected chi connectivity index (χ4v) is 5.03. The summed E-state index contributed by atoms with van der Waals surface area (Å²) in [5.74, 6) is -0.729. The Morgan fingerprint density at radius 2 is 1.43 bits per heavy atom. The number of rotatable bonds is 7. The summed E-state index contributed by atoms with van der Waals surface area (Å²) in [5.41, 5.74) is 4.76. The van der Waals surface area contributed by atoms with Gasteiger partial charge in [-0.1, -0.05) is 57.0 Å². The molecule has 4 N–H and O–H groups in total. The average Bonchev–Trinajstić information content (AvgIpc) is 2.87. The van der Waals surface area contributed by atoms with Crippen molar-refractivity contribution in [1.82, 2.24) is 19.1 Å². The number of aromatic amines is 2. The lowest BCUT2D eigenvalue weighted by atomic mass is 9.82. The molecule has 1 aliphatic heterocycles. The third kappa shape index (κ3) is 3.98. The lowest BCUT2D eigenvalue weighted by molar-refractivity contribution is 0.418. The van der Waals surface area contributed by atoms with Crippen LogP contribution in [0.15, 0.2) is 55.6 Å². The third-order valence-electron chi connectivity index (χ3n) is 6.92. The van der Waals surface area contributed by atoms with Gasteiger partial charge in [0, 0.05) is 18.7 Å². The molecule has 1 atom stereocenters. The van der Waals surface area contributed by atoms with E-state index in [1.165, 1.54) is 0 Å². The Morgan fingerprint density at radius 1 is 0.811 bits per heavy atom. The Balaban J connectivity index is 1.90. The monoisotopic (exact) mass is 503 g/mol. The Hall–Kier alpha value is -4.34. The number of fused-ring (bicyclic) bond motifs is 4. The quantitative estimate of drug-likeness (QED) is 0.311. The number of nitrogen functional groups attached to an aromatic ring is 1. The van der Waals surface area contributed by atoms with Crippen LogP contribution < -0.4 is 33.0 Å². The highest BCUT2D eigenvalue weighted by molar-refractivity contribution is 5.90. The highest BCUT2D eigenvalue weighted by Gasteiger charge is 2.38. The van der Waals surface area contributed by atoms with E-state index in [1.54, 1.807) is 6.07 Å². The molecule has 5 rings (SSSR count). The first-order valence-electron chi connectivity index (χ1n) is 12.6.